The number of nitrogens with zero attached hydrogens (tertiary/aromatic N) is 6. The molecule has 0 saturated carbocycles. The van der Waals surface area contributed by atoms with Crippen molar-refractivity contribution in [3.05, 3.63) is 65.6 Å². The van der Waals surface area contributed by atoms with Crippen LogP contribution in [0.2, 0.25) is 5.02 Å². The Kier molecular flexibility index (Phi) is 7.48. The highest BCUT2D eigenvalue weighted by Crippen LogP contribution is 2.39. The van der Waals surface area contributed by atoms with Gasteiger partial charge in [0.15, 0.2) is 5.83 Å². The molecule has 2 saturated heterocycles. The predicted molar refractivity (Wildman–Crippen MR) is 160 cm³/mol. The second-order valence-corrected chi connectivity index (χ2v) is 11.1. The van der Waals surface area contributed by atoms with Crippen molar-refractivity contribution in [3.8, 4) is 17.3 Å². The third-order valence-electron chi connectivity index (χ3n) is 8.19. The van der Waals surface area contributed by atoms with Crippen LogP contribution >= 0.6 is 11.6 Å². The van der Waals surface area contributed by atoms with Crippen molar-refractivity contribution in [3.63, 3.8) is 0 Å². The number of fused-ring (bicyclic) bond motifs is 2. The molecule has 41 heavy (non-hydrogen) atoms. The van der Waals surface area contributed by atoms with E-state index in [2.05, 4.69) is 43.6 Å². The molecule has 0 bridgehead atoms. The number of aryl methyl sites for hydroxylation is 1. The van der Waals surface area contributed by atoms with Crippen LogP contribution in [0.5, 0.6) is 6.01 Å². The maximum absolute atomic E-state index is 13.5. The molecule has 2 aliphatic rings. The van der Waals surface area contributed by atoms with Crippen LogP contribution in [-0.2, 0) is 4.79 Å². The molecule has 1 atom stereocenters. The zero-order valence-corrected chi connectivity index (χ0v) is 24.0. The van der Waals surface area contributed by atoms with Gasteiger partial charge in [-0.3, -0.25) is 9.78 Å². The molecule has 2 aromatic carbocycles. The van der Waals surface area contributed by atoms with Crippen LogP contribution in [0.4, 0.5) is 10.2 Å². The number of piperazine rings is 1. The highest BCUT2D eigenvalue weighted by atomic mass is 35.5. The molecule has 10 heteroatoms. The average molecular weight is 575 g/mol. The molecule has 4 aromatic rings. The Hall–Kier alpha value is -3.82. The van der Waals surface area contributed by atoms with E-state index in [4.69, 9.17) is 31.3 Å². The number of pyridine rings is 1. The zero-order chi connectivity index (χ0) is 28.7. The van der Waals surface area contributed by atoms with Crippen molar-refractivity contribution in [2.45, 2.75) is 25.8 Å². The van der Waals surface area contributed by atoms with Gasteiger partial charge in [-0.15, -0.1) is 0 Å². The summed E-state index contributed by atoms with van der Waals surface area (Å²) in [6, 6.07) is 12.9. The van der Waals surface area contributed by atoms with Gasteiger partial charge in [0.25, 0.3) is 5.91 Å². The van der Waals surface area contributed by atoms with Gasteiger partial charge < -0.3 is 19.4 Å². The molecule has 2 aromatic heterocycles. The Morgan fingerprint density at radius 2 is 1.88 bits per heavy atom. The molecule has 2 fully saturated rings. The van der Waals surface area contributed by atoms with Gasteiger partial charge >= 0.3 is 6.01 Å². The lowest BCUT2D eigenvalue weighted by Crippen LogP contribution is -2.49. The van der Waals surface area contributed by atoms with Gasteiger partial charge in [0.1, 0.15) is 17.9 Å². The number of aromatic nitrogens is 3. The standard InChI is InChI=1S/C31H32ClFN6O2/c1-19-7-4-8-21-9-5-11-23(25(19)21)27-26(32)28-24(17-34-27)29(38-13-15-39(16-14-38)30(40)20(2)33)36-31(35-28)41-18-22-10-6-12-37(22)3/h4-5,7-9,11,17,22H,2,6,10,12-16,18H2,1,3H3/t22-/m0/s1. The predicted octanol–water partition coefficient (Wildman–Crippen LogP) is 5.41. The smallest absolute Gasteiger partial charge is 0.319 e. The summed E-state index contributed by atoms with van der Waals surface area (Å²) in [6.45, 7) is 8.33. The van der Waals surface area contributed by atoms with Crippen molar-refractivity contribution < 1.29 is 13.9 Å². The molecule has 0 aliphatic carbocycles. The third-order valence-corrected chi connectivity index (χ3v) is 8.54. The van der Waals surface area contributed by atoms with Crippen LogP contribution < -0.4 is 9.64 Å². The zero-order valence-electron chi connectivity index (χ0n) is 23.2. The van der Waals surface area contributed by atoms with E-state index in [1.807, 2.05) is 23.1 Å². The molecular formula is C31H32ClFN6O2. The molecule has 0 N–H and O–H groups in total. The Morgan fingerprint density at radius 1 is 1.12 bits per heavy atom. The van der Waals surface area contributed by atoms with Crippen LogP contribution in [0.25, 0.3) is 32.9 Å². The fourth-order valence-corrected chi connectivity index (χ4v) is 6.19. The van der Waals surface area contributed by atoms with Crippen molar-refractivity contribution in [1.29, 1.82) is 0 Å². The van der Waals surface area contributed by atoms with Crippen LogP contribution in [0.3, 0.4) is 0 Å². The van der Waals surface area contributed by atoms with Crippen LogP contribution in [0.15, 0.2) is 55.0 Å². The quantitative estimate of drug-likeness (QED) is 0.285. The third kappa shape index (κ3) is 5.20. The molecular weight excluding hydrogens is 543 g/mol. The number of likely N-dealkylation sites (tertiary alicyclic amines) is 1. The Labute approximate surface area is 243 Å². The Morgan fingerprint density at radius 3 is 2.59 bits per heavy atom. The largest absolute Gasteiger partial charge is 0.462 e. The summed E-state index contributed by atoms with van der Waals surface area (Å²) in [5, 5.41) is 3.31. The lowest BCUT2D eigenvalue weighted by Gasteiger charge is -2.35. The minimum atomic E-state index is -0.953. The molecule has 4 heterocycles. The second-order valence-electron chi connectivity index (χ2n) is 10.8. The number of hydrogen-bond acceptors (Lipinski definition) is 7. The maximum Gasteiger partial charge on any atom is 0.319 e. The number of likely N-dealkylation sites (N-methyl/N-ethyl adjacent to an activating group) is 1. The number of amides is 1. The van der Waals surface area contributed by atoms with E-state index < -0.39 is 11.7 Å². The SMILES string of the molecule is C=C(F)C(=O)N1CCN(c2nc(OC[C@@H]3CCCN3C)nc3c(Cl)c(-c4cccc5cccc(C)c45)ncc23)CC1. The van der Waals surface area contributed by atoms with Gasteiger partial charge in [0.2, 0.25) is 0 Å². The Bertz CT molecular complexity index is 1650. The number of hydrogen-bond donors (Lipinski definition) is 0. The van der Waals surface area contributed by atoms with Gasteiger partial charge in [0, 0.05) is 44.0 Å². The number of ether oxygens (including phenoxy) is 1. The van der Waals surface area contributed by atoms with E-state index >= 15 is 0 Å². The molecule has 8 nitrogen and oxygen atoms in total. The van der Waals surface area contributed by atoms with E-state index in [-0.39, 0.29) is 6.01 Å². The van der Waals surface area contributed by atoms with E-state index in [1.165, 1.54) is 4.90 Å². The molecule has 1 amide bonds. The first-order chi connectivity index (χ1) is 19.8. The van der Waals surface area contributed by atoms with Crippen molar-refractivity contribution in [2.24, 2.45) is 0 Å². The van der Waals surface area contributed by atoms with E-state index in [1.54, 1.807) is 6.20 Å². The topological polar surface area (TPSA) is 74.7 Å². The normalized spacial score (nSPS) is 17.9. The van der Waals surface area contributed by atoms with E-state index in [0.717, 1.165) is 41.3 Å². The monoisotopic (exact) mass is 574 g/mol. The number of carbonyl (C=O) groups is 1. The van der Waals surface area contributed by atoms with E-state index in [9.17, 15) is 9.18 Å². The van der Waals surface area contributed by atoms with Crippen molar-refractivity contribution >= 4 is 45.0 Å². The molecule has 2 aliphatic heterocycles. The number of carbonyl (C=O) groups excluding carboxylic acids is 1. The van der Waals surface area contributed by atoms with Gasteiger partial charge in [-0.1, -0.05) is 54.6 Å². The summed E-state index contributed by atoms with van der Waals surface area (Å²) < 4.78 is 19.7. The summed E-state index contributed by atoms with van der Waals surface area (Å²) in [5.74, 6) is -1.00. The first-order valence-corrected chi connectivity index (χ1v) is 14.3. The Balaban J connectivity index is 1.42. The summed E-state index contributed by atoms with van der Waals surface area (Å²) in [6.07, 6.45) is 3.95. The van der Waals surface area contributed by atoms with E-state index in [0.29, 0.717) is 66.3 Å². The van der Waals surface area contributed by atoms with Crippen LogP contribution in [-0.4, -0.2) is 83.1 Å². The first kappa shape index (κ1) is 27.4. The minimum absolute atomic E-state index is 0.247. The molecule has 212 valence electrons. The fourth-order valence-electron chi connectivity index (χ4n) is 5.89. The average Bonchev–Trinajstić information content (AvgIpc) is 3.40. The summed E-state index contributed by atoms with van der Waals surface area (Å²) in [4.78, 5) is 32.4. The van der Waals surface area contributed by atoms with Crippen molar-refractivity contribution in [2.75, 3.05) is 51.3 Å². The molecule has 0 radical (unpaired) electrons. The lowest BCUT2D eigenvalue weighted by atomic mass is 9.97. The van der Waals surface area contributed by atoms with Gasteiger partial charge in [-0.2, -0.15) is 9.97 Å². The lowest BCUT2D eigenvalue weighted by molar-refractivity contribution is -0.128. The number of anilines is 1. The van der Waals surface area contributed by atoms with Gasteiger partial charge in [-0.25, -0.2) is 4.39 Å². The molecule has 0 unspecified atom stereocenters. The molecule has 0 spiro atoms. The first-order valence-electron chi connectivity index (χ1n) is 13.9. The van der Waals surface area contributed by atoms with Gasteiger partial charge in [-0.05, 0) is 49.7 Å². The molecule has 6 rings (SSSR count). The summed E-state index contributed by atoms with van der Waals surface area (Å²) in [5.41, 5.74) is 3.26. The number of halogens is 2. The summed E-state index contributed by atoms with van der Waals surface area (Å²) in [7, 11) is 2.10. The summed E-state index contributed by atoms with van der Waals surface area (Å²) >= 11 is 7.12. The highest BCUT2D eigenvalue weighted by Gasteiger charge is 2.28. The van der Waals surface area contributed by atoms with Crippen LogP contribution in [0.1, 0.15) is 18.4 Å². The number of rotatable bonds is 6. The van der Waals surface area contributed by atoms with Gasteiger partial charge in [0.05, 0.1) is 16.1 Å². The number of benzene rings is 2. The van der Waals surface area contributed by atoms with Crippen LogP contribution in [0, 0.1) is 6.92 Å². The second kappa shape index (κ2) is 11.2. The minimum Gasteiger partial charge on any atom is -0.462 e. The maximum atomic E-state index is 13.5. The fraction of sp³-hybridized carbons (Fsp3) is 0.355. The highest BCUT2D eigenvalue weighted by molar-refractivity contribution is 6.38. The van der Waals surface area contributed by atoms with Crippen molar-refractivity contribution in [1.82, 2.24) is 24.8 Å².